The number of ether oxygens (including phenoxy) is 2. The maximum absolute atomic E-state index is 12.3. The normalized spacial score (nSPS) is 22.1. The number of hydrogen-bond donors (Lipinski definition) is 3. The van der Waals surface area contributed by atoms with Crippen LogP contribution in [0.1, 0.15) is 77.2 Å². The number of allylic oxidation sites excluding steroid dienone is 2. The number of aliphatic hydroxyl groups is 2. The zero-order valence-corrected chi connectivity index (χ0v) is 23.1. The minimum Gasteiger partial charge on any atom is -0.434 e. The average Bonchev–Trinajstić information content (AvgIpc) is 3.20. The predicted molar refractivity (Wildman–Crippen MR) is 150 cm³/mol. The molecule has 1 fully saturated rings. The molecule has 7 nitrogen and oxygen atoms in total. The maximum atomic E-state index is 12.3. The molecule has 0 heterocycles. The molecule has 212 valence electrons. The lowest BCUT2D eigenvalue weighted by atomic mass is 9.89. The molecule has 1 amide bonds. The molecular weight excluding hydrogens is 482 g/mol. The average molecular weight is 530 g/mol. The van der Waals surface area contributed by atoms with E-state index < -0.39 is 24.5 Å². The second-order valence-electron chi connectivity index (χ2n) is 10.0. The molecule has 5 atom stereocenters. The van der Waals surface area contributed by atoms with E-state index in [1.807, 2.05) is 55.5 Å². The molecule has 0 unspecified atom stereocenters. The molecule has 3 N–H and O–H groups in total. The molecule has 38 heavy (non-hydrogen) atoms. The SMILES string of the molecule is CCCCCOC(=O)O[C@@H]1C[C@H](O)[C@H](CC=CCCCC(=O)NCC)[C@H]1C=C[C@@H](O)CCc1ccccc1. The van der Waals surface area contributed by atoms with Gasteiger partial charge in [-0.05, 0) is 56.9 Å². The highest BCUT2D eigenvalue weighted by molar-refractivity contribution is 5.75. The Hall–Kier alpha value is -2.64. The first kappa shape index (κ1) is 31.6. The lowest BCUT2D eigenvalue weighted by molar-refractivity contribution is -0.121. The molecule has 0 radical (unpaired) electrons. The Kier molecular flexibility index (Phi) is 15.4. The lowest BCUT2D eigenvalue weighted by Crippen LogP contribution is -2.25. The maximum Gasteiger partial charge on any atom is 0.508 e. The number of benzene rings is 1. The van der Waals surface area contributed by atoms with Gasteiger partial charge in [-0.1, -0.05) is 74.4 Å². The van der Waals surface area contributed by atoms with Crippen LogP contribution >= 0.6 is 0 Å². The van der Waals surface area contributed by atoms with Gasteiger partial charge in [-0.15, -0.1) is 0 Å². The number of nitrogens with one attached hydrogen (secondary N) is 1. The molecular formula is C31H47NO6. The Balaban J connectivity index is 1.96. The van der Waals surface area contributed by atoms with Crippen molar-refractivity contribution in [3.8, 4) is 0 Å². The number of carbonyl (C=O) groups is 2. The number of hydrogen-bond acceptors (Lipinski definition) is 6. The van der Waals surface area contributed by atoms with Crippen LogP contribution in [-0.4, -0.2) is 53.7 Å². The summed E-state index contributed by atoms with van der Waals surface area (Å²) in [4.78, 5) is 23.9. The van der Waals surface area contributed by atoms with E-state index in [1.165, 1.54) is 5.56 Å². The predicted octanol–water partition coefficient (Wildman–Crippen LogP) is 5.50. The van der Waals surface area contributed by atoms with Gasteiger partial charge in [-0.2, -0.15) is 0 Å². The van der Waals surface area contributed by atoms with Crippen LogP contribution in [0.2, 0.25) is 0 Å². The monoisotopic (exact) mass is 529 g/mol. The van der Waals surface area contributed by atoms with Gasteiger partial charge in [0.1, 0.15) is 6.10 Å². The minimum absolute atomic E-state index is 0.0599. The van der Waals surface area contributed by atoms with E-state index in [2.05, 4.69) is 12.2 Å². The molecule has 2 rings (SSSR count). The number of aliphatic hydroxyl groups excluding tert-OH is 2. The third kappa shape index (κ3) is 12.3. The smallest absolute Gasteiger partial charge is 0.434 e. The van der Waals surface area contributed by atoms with Gasteiger partial charge in [0, 0.05) is 25.3 Å². The van der Waals surface area contributed by atoms with Gasteiger partial charge in [-0.3, -0.25) is 4.79 Å². The molecule has 0 spiro atoms. The molecule has 1 saturated carbocycles. The van der Waals surface area contributed by atoms with E-state index in [-0.39, 0.29) is 17.7 Å². The van der Waals surface area contributed by atoms with Crippen molar-refractivity contribution in [1.82, 2.24) is 5.32 Å². The van der Waals surface area contributed by atoms with Gasteiger partial charge in [0.15, 0.2) is 0 Å². The van der Waals surface area contributed by atoms with Gasteiger partial charge in [0.2, 0.25) is 5.91 Å². The van der Waals surface area contributed by atoms with E-state index >= 15 is 0 Å². The summed E-state index contributed by atoms with van der Waals surface area (Å²) < 4.78 is 10.9. The molecule has 1 aromatic carbocycles. The van der Waals surface area contributed by atoms with Crippen LogP contribution in [0.3, 0.4) is 0 Å². The van der Waals surface area contributed by atoms with Crippen LogP contribution in [0.15, 0.2) is 54.6 Å². The van der Waals surface area contributed by atoms with Gasteiger partial charge in [0.05, 0.1) is 18.8 Å². The summed E-state index contributed by atoms with van der Waals surface area (Å²) in [5.41, 5.74) is 1.17. The first-order valence-electron chi connectivity index (χ1n) is 14.3. The summed E-state index contributed by atoms with van der Waals surface area (Å²) in [6, 6.07) is 10.0. The minimum atomic E-state index is -0.706. The molecule has 7 heteroatoms. The van der Waals surface area contributed by atoms with Crippen molar-refractivity contribution in [2.75, 3.05) is 13.2 Å². The molecule has 0 bridgehead atoms. The number of carbonyl (C=O) groups excluding carboxylic acids is 2. The highest BCUT2D eigenvalue weighted by atomic mass is 16.7. The van der Waals surface area contributed by atoms with Crippen molar-refractivity contribution in [3.63, 3.8) is 0 Å². The summed E-state index contributed by atoms with van der Waals surface area (Å²) in [6.07, 6.45) is 12.4. The Labute approximate surface area is 228 Å². The molecule has 1 aliphatic rings. The van der Waals surface area contributed by atoms with Crippen LogP contribution < -0.4 is 5.32 Å². The molecule has 0 aliphatic heterocycles. The van der Waals surface area contributed by atoms with Crippen molar-refractivity contribution >= 4 is 12.1 Å². The Morgan fingerprint density at radius 2 is 1.92 bits per heavy atom. The third-order valence-corrected chi connectivity index (χ3v) is 6.96. The van der Waals surface area contributed by atoms with E-state index in [0.717, 1.165) is 38.5 Å². The topological polar surface area (TPSA) is 105 Å². The second kappa shape index (κ2) is 18.6. The lowest BCUT2D eigenvalue weighted by Gasteiger charge is -2.22. The van der Waals surface area contributed by atoms with Crippen LogP contribution in [0, 0.1) is 11.8 Å². The van der Waals surface area contributed by atoms with Crippen LogP contribution in [0.5, 0.6) is 0 Å². The number of amides is 1. The van der Waals surface area contributed by atoms with Crippen LogP contribution in [0.25, 0.3) is 0 Å². The fourth-order valence-corrected chi connectivity index (χ4v) is 4.82. The zero-order chi connectivity index (χ0) is 27.6. The van der Waals surface area contributed by atoms with Crippen LogP contribution in [0.4, 0.5) is 4.79 Å². The van der Waals surface area contributed by atoms with E-state index in [1.54, 1.807) is 6.08 Å². The Morgan fingerprint density at radius 3 is 2.66 bits per heavy atom. The summed E-state index contributed by atoms with van der Waals surface area (Å²) in [5.74, 6) is -0.325. The van der Waals surface area contributed by atoms with E-state index in [9.17, 15) is 19.8 Å². The first-order valence-corrected chi connectivity index (χ1v) is 14.3. The van der Waals surface area contributed by atoms with Crippen molar-refractivity contribution in [3.05, 3.63) is 60.2 Å². The summed E-state index contributed by atoms with van der Waals surface area (Å²) >= 11 is 0. The van der Waals surface area contributed by atoms with Gasteiger partial charge >= 0.3 is 6.16 Å². The highest BCUT2D eigenvalue weighted by Gasteiger charge is 2.43. The molecule has 1 aromatic rings. The largest absolute Gasteiger partial charge is 0.508 e. The van der Waals surface area contributed by atoms with Gasteiger partial charge in [-0.25, -0.2) is 4.79 Å². The molecule has 0 aromatic heterocycles. The van der Waals surface area contributed by atoms with Gasteiger partial charge in [0.25, 0.3) is 0 Å². The van der Waals surface area contributed by atoms with Gasteiger partial charge < -0.3 is 25.0 Å². The van der Waals surface area contributed by atoms with E-state index in [4.69, 9.17) is 9.47 Å². The van der Waals surface area contributed by atoms with Crippen molar-refractivity contribution in [1.29, 1.82) is 0 Å². The van der Waals surface area contributed by atoms with Crippen molar-refractivity contribution in [2.24, 2.45) is 11.8 Å². The summed E-state index contributed by atoms with van der Waals surface area (Å²) in [5, 5.41) is 24.2. The number of aryl methyl sites for hydroxylation is 1. The van der Waals surface area contributed by atoms with Crippen LogP contribution in [-0.2, 0) is 20.7 Å². The number of rotatable bonds is 17. The van der Waals surface area contributed by atoms with E-state index in [0.29, 0.717) is 38.8 Å². The second-order valence-corrected chi connectivity index (χ2v) is 10.0. The summed E-state index contributed by atoms with van der Waals surface area (Å²) in [6.45, 7) is 4.95. The Bertz CT molecular complexity index is 855. The number of unbranched alkanes of at least 4 members (excludes halogenated alkanes) is 3. The third-order valence-electron chi connectivity index (χ3n) is 6.96. The van der Waals surface area contributed by atoms with Crippen molar-refractivity contribution in [2.45, 2.75) is 96.4 Å². The molecule has 0 saturated heterocycles. The first-order chi connectivity index (χ1) is 18.4. The fraction of sp³-hybridized carbons (Fsp3) is 0.613. The quantitative estimate of drug-likeness (QED) is 0.140. The fourth-order valence-electron chi connectivity index (χ4n) is 4.82. The highest BCUT2D eigenvalue weighted by Crippen LogP contribution is 2.38. The van der Waals surface area contributed by atoms with Crippen molar-refractivity contribution < 1.29 is 29.3 Å². The molecule has 1 aliphatic carbocycles. The zero-order valence-electron chi connectivity index (χ0n) is 23.1. The summed E-state index contributed by atoms with van der Waals surface area (Å²) in [7, 11) is 0. The Morgan fingerprint density at radius 1 is 1.13 bits per heavy atom. The standard InChI is InChI=1S/C31H47NO6/c1-3-5-13-22-37-31(36)38-29-23-28(34)26(16-11-6-7-12-17-30(35)32-4-2)27(29)21-20-25(33)19-18-24-14-9-8-10-15-24/h6,8-11,14-15,20-21,25-29,33-34H,3-5,7,12-13,16-19,22-23H2,1-2H3,(H,32,35)/t25-,26+,27+,28-,29+/m0/s1.